The topological polar surface area (TPSA) is 77.0 Å². The van der Waals surface area contributed by atoms with Crippen LogP contribution in [-0.4, -0.2) is 68.4 Å². The average Bonchev–Trinajstić information content (AvgIpc) is 3.55. The van der Waals surface area contributed by atoms with E-state index in [0.717, 1.165) is 49.9 Å². The zero-order valence-electron chi connectivity index (χ0n) is 18.7. The van der Waals surface area contributed by atoms with Crippen LogP contribution in [0.2, 0.25) is 0 Å². The SMILES string of the molecule is CCNC(=NCc1ccc(S(=O)(=O)N2CCCC2)cc1)NC1CCN(C2CCCC2)C1. The van der Waals surface area contributed by atoms with E-state index in [1.807, 2.05) is 12.1 Å². The van der Waals surface area contributed by atoms with Gasteiger partial charge in [-0.05, 0) is 56.7 Å². The van der Waals surface area contributed by atoms with E-state index in [-0.39, 0.29) is 0 Å². The van der Waals surface area contributed by atoms with E-state index in [0.29, 0.717) is 30.6 Å². The van der Waals surface area contributed by atoms with Gasteiger partial charge in [0.05, 0.1) is 11.4 Å². The van der Waals surface area contributed by atoms with Crippen LogP contribution in [0.5, 0.6) is 0 Å². The predicted molar refractivity (Wildman–Crippen MR) is 125 cm³/mol. The number of nitrogens with one attached hydrogen (secondary N) is 2. The Kier molecular flexibility index (Phi) is 7.51. The molecule has 7 nitrogen and oxygen atoms in total. The molecule has 3 aliphatic rings. The lowest BCUT2D eigenvalue weighted by Crippen LogP contribution is -2.45. The molecule has 1 aromatic carbocycles. The fourth-order valence-electron chi connectivity index (χ4n) is 5.03. The van der Waals surface area contributed by atoms with Gasteiger partial charge in [0.15, 0.2) is 5.96 Å². The van der Waals surface area contributed by atoms with E-state index in [1.54, 1.807) is 16.4 Å². The van der Waals surface area contributed by atoms with Crippen molar-refractivity contribution in [2.45, 2.75) is 75.4 Å². The lowest BCUT2D eigenvalue weighted by Gasteiger charge is -2.24. The molecule has 0 bridgehead atoms. The van der Waals surface area contributed by atoms with Gasteiger partial charge in [0.2, 0.25) is 10.0 Å². The third-order valence-corrected chi connectivity index (χ3v) is 8.70. The smallest absolute Gasteiger partial charge is 0.243 e. The average molecular weight is 448 g/mol. The van der Waals surface area contributed by atoms with Gasteiger partial charge in [0, 0.05) is 44.8 Å². The number of benzene rings is 1. The highest BCUT2D eigenvalue weighted by Crippen LogP contribution is 2.26. The van der Waals surface area contributed by atoms with E-state index in [2.05, 4.69) is 22.5 Å². The molecule has 1 aromatic rings. The Balaban J connectivity index is 1.34. The Morgan fingerprint density at radius 1 is 1.03 bits per heavy atom. The number of likely N-dealkylation sites (tertiary alicyclic amines) is 1. The summed E-state index contributed by atoms with van der Waals surface area (Å²) in [5, 5.41) is 6.96. The molecule has 31 heavy (non-hydrogen) atoms. The fourth-order valence-corrected chi connectivity index (χ4v) is 6.55. The third kappa shape index (κ3) is 5.59. The molecule has 2 saturated heterocycles. The van der Waals surface area contributed by atoms with Crippen LogP contribution in [0.4, 0.5) is 0 Å². The number of nitrogens with zero attached hydrogens (tertiary/aromatic N) is 3. The van der Waals surface area contributed by atoms with Crippen molar-refractivity contribution in [3.05, 3.63) is 29.8 Å². The van der Waals surface area contributed by atoms with Crippen LogP contribution in [0.3, 0.4) is 0 Å². The summed E-state index contributed by atoms with van der Waals surface area (Å²) in [5.74, 6) is 0.842. The maximum Gasteiger partial charge on any atom is 0.243 e. The van der Waals surface area contributed by atoms with Crippen molar-refractivity contribution in [2.75, 3.05) is 32.7 Å². The molecule has 3 fully saturated rings. The molecule has 0 aromatic heterocycles. The molecule has 172 valence electrons. The van der Waals surface area contributed by atoms with Gasteiger partial charge in [0.25, 0.3) is 0 Å². The van der Waals surface area contributed by atoms with Gasteiger partial charge in [-0.3, -0.25) is 4.90 Å². The molecule has 1 aliphatic carbocycles. The third-order valence-electron chi connectivity index (χ3n) is 6.79. The number of rotatable bonds is 7. The maximum atomic E-state index is 12.7. The zero-order valence-corrected chi connectivity index (χ0v) is 19.5. The highest BCUT2D eigenvalue weighted by Gasteiger charge is 2.30. The second-order valence-corrected chi connectivity index (χ2v) is 11.0. The molecule has 2 aliphatic heterocycles. The second-order valence-electron chi connectivity index (χ2n) is 9.01. The summed E-state index contributed by atoms with van der Waals surface area (Å²) in [6.07, 6.45) is 8.51. The first-order chi connectivity index (χ1) is 15.1. The first-order valence-corrected chi connectivity index (χ1v) is 13.4. The lowest BCUT2D eigenvalue weighted by molar-refractivity contribution is 0.242. The largest absolute Gasteiger partial charge is 0.357 e. The van der Waals surface area contributed by atoms with Crippen molar-refractivity contribution in [2.24, 2.45) is 4.99 Å². The van der Waals surface area contributed by atoms with E-state index < -0.39 is 10.0 Å². The minimum Gasteiger partial charge on any atom is -0.357 e. The van der Waals surface area contributed by atoms with Crippen molar-refractivity contribution in [3.8, 4) is 0 Å². The van der Waals surface area contributed by atoms with Gasteiger partial charge in [0.1, 0.15) is 0 Å². The highest BCUT2D eigenvalue weighted by molar-refractivity contribution is 7.89. The van der Waals surface area contributed by atoms with Crippen LogP contribution in [0.15, 0.2) is 34.2 Å². The molecule has 1 saturated carbocycles. The van der Waals surface area contributed by atoms with Crippen LogP contribution in [0, 0.1) is 0 Å². The van der Waals surface area contributed by atoms with E-state index in [1.165, 1.54) is 32.2 Å². The Bertz CT molecular complexity index is 843. The fraction of sp³-hybridized carbons (Fsp3) is 0.696. The van der Waals surface area contributed by atoms with Gasteiger partial charge in [-0.15, -0.1) is 0 Å². The molecule has 2 heterocycles. The van der Waals surface area contributed by atoms with Gasteiger partial charge >= 0.3 is 0 Å². The highest BCUT2D eigenvalue weighted by atomic mass is 32.2. The van der Waals surface area contributed by atoms with Crippen LogP contribution in [-0.2, 0) is 16.6 Å². The quantitative estimate of drug-likeness (QED) is 0.496. The predicted octanol–water partition coefficient (Wildman–Crippen LogP) is 2.54. The number of hydrogen-bond donors (Lipinski definition) is 2. The molecule has 0 radical (unpaired) electrons. The number of guanidine groups is 1. The van der Waals surface area contributed by atoms with Crippen LogP contribution >= 0.6 is 0 Å². The molecule has 4 rings (SSSR count). The Morgan fingerprint density at radius 2 is 1.74 bits per heavy atom. The summed E-state index contributed by atoms with van der Waals surface area (Å²) >= 11 is 0. The summed E-state index contributed by atoms with van der Waals surface area (Å²) in [6, 6.07) is 8.42. The monoisotopic (exact) mass is 447 g/mol. The van der Waals surface area contributed by atoms with Gasteiger partial charge in [-0.1, -0.05) is 25.0 Å². The van der Waals surface area contributed by atoms with Crippen LogP contribution < -0.4 is 10.6 Å². The molecule has 1 unspecified atom stereocenters. The molecule has 0 amide bonds. The van der Waals surface area contributed by atoms with Crippen molar-refractivity contribution in [1.82, 2.24) is 19.8 Å². The van der Waals surface area contributed by atoms with Crippen LogP contribution in [0.1, 0.15) is 57.4 Å². The van der Waals surface area contributed by atoms with Crippen molar-refractivity contribution < 1.29 is 8.42 Å². The molecule has 0 spiro atoms. The molecule has 2 N–H and O–H groups in total. The van der Waals surface area contributed by atoms with Crippen LogP contribution in [0.25, 0.3) is 0 Å². The van der Waals surface area contributed by atoms with E-state index in [9.17, 15) is 8.42 Å². The summed E-state index contributed by atoms with van der Waals surface area (Å²) in [5.41, 5.74) is 1.01. The minimum absolute atomic E-state index is 0.380. The van der Waals surface area contributed by atoms with Crippen molar-refractivity contribution in [3.63, 3.8) is 0 Å². The first-order valence-electron chi connectivity index (χ1n) is 11.9. The maximum absolute atomic E-state index is 12.7. The Hall–Kier alpha value is -1.64. The lowest BCUT2D eigenvalue weighted by atomic mass is 10.2. The molecule has 1 atom stereocenters. The van der Waals surface area contributed by atoms with Gasteiger partial charge < -0.3 is 10.6 Å². The zero-order chi connectivity index (χ0) is 21.7. The Morgan fingerprint density at radius 3 is 2.42 bits per heavy atom. The molecular weight excluding hydrogens is 410 g/mol. The summed E-state index contributed by atoms with van der Waals surface area (Å²) in [4.78, 5) is 7.78. The standard InChI is InChI=1S/C23H37N5O2S/c1-2-24-23(26-20-13-16-27(18-20)21-7-3-4-8-21)25-17-19-9-11-22(12-10-19)31(29,30)28-14-5-6-15-28/h9-12,20-21H,2-8,13-18H2,1H3,(H2,24,25,26). The minimum atomic E-state index is -3.36. The molecular formula is C23H37N5O2S. The van der Waals surface area contributed by atoms with Gasteiger partial charge in [-0.2, -0.15) is 4.31 Å². The Labute approximate surface area is 187 Å². The number of sulfonamides is 1. The summed E-state index contributed by atoms with van der Waals surface area (Å²) < 4.78 is 27.0. The normalized spacial score (nSPS) is 24.2. The van der Waals surface area contributed by atoms with Crippen molar-refractivity contribution >= 4 is 16.0 Å². The number of hydrogen-bond acceptors (Lipinski definition) is 4. The van der Waals surface area contributed by atoms with E-state index in [4.69, 9.17) is 4.99 Å². The summed E-state index contributed by atoms with van der Waals surface area (Å²) in [7, 11) is -3.36. The van der Waals surface area contributed by atoms with Gasteiger partial charge in [-0.25, -0.2) is 13.4 Å². The van der Waals surface area contributed by atoms with Crippen molar-refractivity contribution in [1.29, 1.82) is 0 Å². The molecule has 8 heteroatoms. The second kappa shape index (κ2) is 10.3. The number of aliphatic imine (C=N–C) groups is 1. The summed E-state index contributed by atoms with van der Waals surface area (Å²) in [6.45, 7) is 6.95. The van der Waals surface area contributed by atoms with E-state index >= 15 is 0 Å². The first kappa shape index (κ1) is 22.6.